The smallest absolute Gasteiger partial charge is 0.408 e. The lowest BCUT2D eigenvalue weighted by Crippen LogP contribution is -2.52. The molecule has 1 aliphatic rings. The largest absolute Gasteiger partial charge is 0.444 e. The third kappa shape index (κ3) is 6.50. The fourth-order valence-corrected chi connectivity index (χ4v) is 2.28. The number of hydrogen-bond donors (Lipinski definition) is 2. The van der Waals surface area contributed by atoms with Crippen molar-refractivity contribution in [1.82, 2.24) is 10.6 Å². The summed E-state index contributed by atoms with van der Waals surface area (Å²) in [6, 6.07) is -0.238. The summed E-state index contributed by atoms with van der Waals surface area (Å²) in [5.41, 5.74) is -0.557. The van der Waals surface area contributed by atoms with Gasteiger partial charge in [-0.05, 0) is 58.5 Å². The van der Waals surface area contributed by atoms with Crippen LogP contribution in [0.3, 0.4) is 0 Å². The van der Waals surface area contributed by atoms with Gasteiger partial charge in [-0.3, -0.25) is 4.79 Å². The second kappa shape index (κ2) is 7.76. The van der Waals surface area contributed by atoms with E-state index in [-0.39, 0.29) is 11.9 Å². The molecule has 0 spiro atoms. The van der Waals surface area contributed by atoms with E-state index in [2.05, 4.69) is 10.6 Å². The minimum atomic E-state index is -0.557. The molecule has 20 heavy (non-hydrogen) atoms. The first-order valence-electron chi connectivity index (χ1n) is 7.10. The lowest BCUT2D eigenvalue weighted by atomic mass is 9.93. The molecule has 0 aliphatic heterocycles. The molecule has 1 aliphatic carbocycles. The number of hydrogen-bond acceptors (Lipinski definition) is 4. The van der Waals surface area contributed by atoms with Gasteiger partial charge >= 0.3 is 6.09 Å². The number of carbonyl (C=O) groups is 2. The topological polar surface area (TPSA) is 67.4 Å². The summed E-state index contributed by atoms with van der Waals surface area (Å²) in [6.45, 7) is 5.41. The van der Waals surface area contributed by atoms with Crippen LogP contribution >= 0.6 is 11.8 Å². The summed E-state index contributed by atoms with van der Waals surface area (Å²) < 4.78 is 5.21. The van der Waals surface area contributed by atoms with Crippen molar-refractivity contribution in [3.63, 3.8) is 0 Å². The highest BCUT2D eigenvalue weighted by Crippen LogP contribution is 2.18. The first kappa shape index (κ1) is 17.1. The summed E-state index contributed by atoms with van der Waals surface area (Å²) in [7, 11) is 0. The zero-order valence-corrected chi connectivity index (χ0v) is 13.6. The van der Waals surface area contributed by atoms with Gasteiger partial charge in [0.2, 0.25) is 5.91 Å². The van der Waals surface area contributed by atoms with E-state index in [1.165, 1.54) is 6.42 Å². The molecular weight excluding hydrogens is 276 g/mol. The Labute approximate surface area is 125 Å². The van der Waals surface area contributed by atoms with Crippen LogP contribution in [0.15, 0.2) is 0 Å². The van der Waals surface area contributed by atoms with Crippen molar-refractivity contribution in [2.24, 2.45) is 0 Å². The van der Waals surface area contributed by atoms with E-state index in [0.29, 0.717) is 6.42 Å². The summed E-state index contributed by atoms with van der Waals surface area (Å²) >= 11 is 1.65. The second-order valence-corrected chi connectivity index (χ2v) is 7.10. The van der Waals surface area contributed by atoms with Gasteiger partial charge in [-0.2, -0.15) is 11.8 Å². The monoisotopic (exact) mass is 302 g/mol. The third-order valence-corrected chi connectivity index (χ3v) is 3.71. The summed E-state index contributed by atoms with van der Waals surface area (Å²) in [4.78, 5) is 23.9. The molecule has 2 amide bonds. The second-order valence-electron chi connectivity index (χ2n) is 6.12. The molecule has 116 valence electrons. The average molecular weight is 302 g/mol. The Morgan fingerprint density at radius 3 is 2.45 bits per heavy atom. The Morgan fingerprint density at radius 1 is 1.35 bits per heavy atom. The first-order chi connectivity index (χ1) is 9.31. The van der Waals surface area contributed by atoms with Crippen molar-refractivity contribution in [2.75, 3.05) is 12.0 Å². The molecule has 1 atom stereocenters. The Kier molecular flexibility index (Phi) is 6.65. The minimum absolute atomic E-state index is 0.102. The zero-order valence-electron chi connectivity index (χ0n) is 12.8. The summed E-state index contributed by atoms with van der Waals surface area (Å²) in [5, 5.41) is 5.65. The van der Waals surface area contributed by atoms with Gasteiger partial charge < -0.3 is 15.4 Å². The van der Waals surface area contributed by atoms with E-state index < -0.39 is 17.7 Å². The molecule has 1 fully saturated rings. The predicted octanol–water partition coefficient (Wildman–Crippen LogP) is 2.30. The number of nitrogens with one attached hydrogen (secondary N) is 2. The van der Waals surface area contributed by atoms with Gasteiger partial charge in [-0.1, -0.05) is 0 Å². The normalized spacial score (nSPS) is 17.0. The fraction of sp³-hybridized carbons (Fsp3) is 0.857. The van der Waals surface area contributed by atoms with E-state index in [0.717, 1.165) is 18.6 Å². The molecule has 1 rings (SSSR count). The van der Waals surface area contributed by atoms with Gasteiger partial charge in [-0.25, -0.2) is 4.79 Å². The molecule has 0 aromatic carbocycles. The van der Waals surface area contributed by atoms with Crippen LogP contribution in [0.4, 0.5) is 4.79 Å². The maximum Gasteiger partial charge on any atom is 0.408 e. The number of thioether (sulfide) groups is 1. The van der Waals surface area contributed by atoms with Crippen LogP contribution in [0.25, 0.3) is 0 Å². The molecule has 5 nitrogen and oxygen atoms in total. The molecule has 0 heterocycles. The molecule has 0 aromatic rings. The highest BCUT2D eigenvalue weighted by atomic mass is 32.2. The first-order valence-corrected chi connectivity index (χ1v) is 8.50. The minimum Gasteiger partial charge on any atom is -0.444 e. The highest BCUT2D eigenvalue weighted by molar-refractivity contribution is 7.98. The molecule has 2 N–H and O–H groups in total. The Hall–Kier alpha value is -0.910. The Balaban J connectivity index is 2.49. The Bertz CT molecular complexity index is 338. The third-order valence-electron chi connectivity index (χ3n) is 3.07. The molecule has 0 aromatic heterocycles. The lowest BCUT2D eigenvalue weighted by molar-refractivity contribution is -0.124. The highest BCUT2D eigenvalue weighted by Gasteiger charge is 2.27. The van der Waals surface area contributed by atoms with Crippen molar-refractivity contribution in [2.45, 2.75) is 64.1 Å². The summed E-state index contributed by atoms with van der Waals surface area (Å²) in [6.07, 6.45) is 5.29. The van der Waals surface area contributed by atoms with Crippen molar-refractivity contribution >= 4 is 23.8 Å². The SMILES string of the molecule is CSCCC(NC(=O)OC(C)(C)C)C(=O)NC1CCC1. The molecule has 0 saturated heterocycles. The number of alkyl carbamates (subject to hydrolysis) is 1. The average Bonchev–Trinajstić information content (AvgIpc) is 2.26. The van der Waals surface area contributed by atoms with Crippen LogP contribution in [0.1, 0.15) is 46.5 Å². The van der Waals surface area contributed by atoms with Gasteiger partial charge in [0.15, 0.2) is 0 Å². The van der Waals surface area contributed by atoms with Crippen molar-refractivity contribution in [3.05, 3.63) is 0 Å². The number of carbonyl (C=O) groups excluding carboxylic acids is 2. The van der Waals surface area contributed by atoms with E-state index in [9.17, 15) is 9.59 Å². The van der Waals surface area contributed by atoms with E-state index in [4.69, 9.17) is 4.74 Å². The number of amides is 2. The van der Waals surface area contributed by atoms with Gasteiger partial charge in [-0.15, -0.1) is 0 Å². The van der Waals surface area contributed by atoms with Crippen molar-refractivity contribution < 1.29 is 14.3 Å². The standard InChI is InChI=1S/C14H26N2O3S/c1-14(2,3)19-13(18)16-11(8-9-20-4)12(17)15-10-6-5-7-10/h10-11H,5-9H2,1-4H3,(H,15,17)(H,16,18). The van der Waals surface area contributed by atoms with Crippen LogP contribution in [0, 0.1) is 0 Å². The quantitative estimate of drug-likeness (QED) is 0.790. The zero-order chi connectivity index (χ0) is 15.2. The molecule has 1 unspecified atom stereocenters. The lowest BCUT2D eigenvalue weighted by Gasteiger charge is -2.29. The molecular formula is C14H26N2O3S. The van der Waals surface area contributed by atoms with Gasteiger partial charge in [0, 0.05) is 6.04 Å². The van der Waals surface area contributed by atoms with E-state index in [1.54, 1.807) is 32.5 Å². The van der Waals surface area contributed by atoms with Crippen molar-refractivity contribution in [1.29, 1.82) is 0 Å². The van der Waals surface area contributed by atoms with E-state index in [1.807, 2.05) is 6.26 Å². The van der Waals surface area contributed by atoms with Crippen LogP contribution in [0.2, 0.25) is 0 Å². The van der Waals surface area contributed by atoms with Crippen LogP contribution in [0.5, 0.6) is 0 Å². The number of rotatable bonds is 6. The van der Waals surface area contributed by atoms with E-state index >= 15 is 0 Å². The molecule has 0 radical (unpaired) electrons. The van der Waals surface area contributed by atoms with Crippen LogP contribution < -0.4 is 10.6 Å². The number of ether oxygens (including phenoxy) is 1. The van der Waals surface area contributed by atoms with Gasteiger partial charge in [0.1, 0.15) is 11.6 Å². The summed E-state index contributed by atoms with van der Waals surface area (Å²) in [5.74, 6) is 0.716. The van der Waals surface area contributed by atoms with Crippen molar-refractivity contribution in [3.8, 4) is 0 Å². The van der Waals surface area contributed by atoms with Gasteiger partial charge in [0.05, 0.1) is 0 Å². The van der Waals surface area contributed by atoms with Crippen LogP contribution in [-0.2, 0) is 9.53 Å². The molecule has 1 saturated carbocycles. The van der Waals surface area contributed by atoms with Crippen LogP contribution in [-0.4, -0.2) is 41.7 Å². The molecule has 0 bridgehead atoms. The predicted molar refractivity (Wildman–Crippen MR) is 81.9 cm³/mol. The Morgan fingerprint density at radius 2 is 2.00 bits per heavy atom. The maximum absolute atomic E-state index is 12.2. The maximum atomic E-state index is 12.2. The fourth-order valence-electron chi connectivity index (χ4n) is 1.81. The molecule has 6 heteroatoms. The van der Waals surface area contributed by atoms with Gasteiger partial charge in [0.25, 0.3) is 0 Å².